The van der Waals surface area contributed by atoms with Crippen molar-refractivity contribution in [2.24, 2.45) is 10.7 Å². The first-order valence-electron chi connectivity index (χ1n) is 7.00. The third kappa shape index (κ3) is 2.25. The van der Waals surface area contributed by atoms with Crippen molar-refractivity contribution in [2.45, 2.75) is 36.9 Å². The maximum atomic E-state index is 12.7. The van der Waals surface area contributed by atoms with Gasteiger partial charge in [-0.1, -0.05) is 29.8 Å². The highest BCUT2D eigenvalue weighted by atomic mass is 35.5. The van der Waals surface area contributed by atoms with E-state index in [0.717, 1.165) is 6.42 Å². The smallest absolute Gasteiger partial charge is 0.205 e. The number of ketones is 1. The van der Waals surface area contributed by atoms with Crippen molar-refractivity contribution in [1.29, 1.82) is 0 Å². The lowest BCUT2D eigenvalue weighted by Gasteiger charge is -2.42. The fraction of sp³-hybridized carbons (Fsp3) is 0.467. The quantitative estimate of drug-likeness (QED) is 0.884. The van der Waals surface area contributed by atoms with Crippen molar-refractivity contribution in [3.63, 3.8) is 0 Å². The van der Waals surface area contributed by atoms with E-state index in [4.69, 9.17) is 22.1 Å². The molecular formula is C15H17ClN2O3. The highest BCUT2D eigenvalue weighted by molar-refractivity contribution is 6.32. The molecule has 1 saturated carbocycles. The zero-order valence-corrected chi connectivity index (χ0v) is 12.2. The number of nitrogens with zero attached hydrogens (tertiary/aromatic N) is 1. The van der Waals surface area contributed by atoms with Crippen molar-refractivity contribution >= 4 is 23.3 Å². The Morgan fingerprint density at radius 2 is 2.29 bits per heavy atom. The molecule has 1 aliphatic carbocycles. The van der Waals surface area contributed by atoms with Crippen LogP contribution in [0.3, 0.4) is 0 Å². The Bertz CT molecular complexity index is 604. The summed E-state index contributed by atoms with van der Waals surface area (Å²) in [5.74, 6) is 0.164. The standard InChI is InChI=1S/C15H17ClN2O3/c16-10-5-2-1-4-9(10)15-7-3-6-12(13(15)20)21-14(18-15)11(17)8-19/h1-2,4-5,11-12,19H,3,6-8,17H2/t11-,12-,15-/m0/s1. The van der Waals surface area contributed by atoms with Crippen LogP contribution in [0.1, 0.15) is 24.8 Å². The fourth-order valence-electron chi connectivity index (χ4n) is 3.02. The molecule has 1 aliphatic heterocycles. The van der Waals surface area contributed by atoms with E-state index < -0.39 is 17.7 Å². The normalized spacial score (nSPS) is 29.6. The van der Waals surface area contributed by atoms with Crippen molar-refractivity contribution in [3.05, 3.63) is 34.9 Å². The van der Waals surface area contributed by atoms with E-state index in [9.17, 15) is 9.90 Å². The molecule has 3 N–H and O–H groups in total. The number of fused-ring (bicyclic) bond motifs is 2. The number of benzene rings is 1. The summed E-state index contributed by atoms with van der Waals surface area (Å²) in [6.45, 7) is -0.279. The molecule has 3 atom stereocenters. The Hall–Kier alpha value is -1.43. The van der Waals surface area contributed by atoms with E-state index in [2.05, 4.69) is 4.99 Å². The molecule has 21 heavy (non-hydrogen) atoms. The maximum Gasteiger partial charge on any atom is 0.205 e. The first-order valence-corrected chi connectivity index (χ1v) is 7.38. The molecule has 1 aromatic carbocycles. The zero-order chi connectivity index (χ0) is 15.0. The number of nitrogens with two attached hydrogens (primary N) is 1. The molecule has 0 radical (unpaired) electrons. The lowest BCUT2D eigenvalue weighted by molar-refractivity contribution is -0.137. The number of carbonyl (C=O) groups is 1. The first kappa shape index (κ1) is 14.5. The largest absolute Gasteiger partial charge is 0.468 e. The number of aliphatic hydroxyl groups is 1. The van der Waals surface area contributed by atoms with Crippen LogP contribution in [0.5, 0.6) is 0 Å². The van der Waals surface area contributed by atoms with Gasteiger partial charge < -0.3 is 15.6 Å². The van der Waals surface area contributed by atoms with Gasteiger partial charge in [0.25, 0.3) is 0 Å². The number of carbonyl (C=O) groups excluding carboxylic acids is 1. The molecule has 2 aliphatic rings. The van der Waals surface area contributed by atoms with Crippen LogP contribution in [0.2, 0.25) is 5.02 Å². The van der Waals surface area contributed by atoms with E-state index in [-0.39, 0.29) is 18.3 Å². The number of Topliss-reactive ketones (excluding diaryl/α,β-unsaturated/α-hetero) is 1. The van der Waals surface area contributed by atoms with Crippen molar-refractivity contribution < 1.29 is 14.6 Å². The van der Waals surface area contributed by atoms with Crippen molar-refractivity contribution in [3.8, 4) is 0 Å². The van der Waals surface area contributed by atoms with Crippen LogP contribution in [0.15, 0.2) is 29.3 Å². The van der Waals surface area contributed by atoms with E-state index in [1.54, 1.807) is 6.07 Å². The summed E-state index contributed by atoms with van der Waals surface area (Å²) in [4.78, 5) is 17.2. The second-order valence-corrected chi connectivity index (χ2v) is 5.85. The van der Waals surface area contributed by atoms with Crippen LogP contribution < -0.4 is 5.73 Å². The van der Waals surface area contributed by atoms with Gasteiger partial charge in [0.15, 0.2) is 11.6 Å². The van der Waals surface area contributed by atoms with Gasteiger partial charge in [-0.2, -0.15) is 0 Å². The van der Waals surface area contributed by atoms with Crippen LogP contribution in [0, 0.1) is 0 Å². The van der Waals surface area contributed by atoms with Crippen LogP contribution in [0.4, 0.5) is 0 Å². The number of aliphatic imine (C=N–C) groups is 1. The molecule has 6 heteroatoms. The average Bonchev–Trinajstić information content (AvgIpc) is 2.47. The molecule has 0 amide bonds. The summed E-state index contributed by atoms with van der Waals surface area (Å²) in [7, 11) is 0. The van der Waals surface area contributed by atoms with Crippen molar-refractivity contribution in [1.82, 2.24) is 0 Å². The second kappa shape index (κ2) is 5.40. The molecule has 1 fully saturated rings. The predicted molar refractivity (Wildman–Crippen MR) is 79.4 cm³/mol. The number of hydrogen-bond donors (Lipinski definition) is 2. The zero-order valence-electron chi connectivity index (χ0n) is 11.5. The predicted octanol–water partition coefficient (Wildman–Crippen LogP) is 1.41. The molecule has 2 bridgehead atoms. The molecule has 1 aromatic rings. The Kier molecular flexibility index (Phi) is 3.73. The van der Waals surface area contributed by atoms with Gasteiger partial charge in [-0.05, 0) is 25.3 Å². The van der Waals surface area contributed by atoms with Gasteiger partial charge in [0.1, 0.15) is 6.04 Å². The Morgan fingerprint density at radius 1 is 1.52 bits per heavy atom. The van der Waals surface area contributed by atoms with Gasteiger partial charge in [-0.15, -0.1) is 0 Å². The average molecular weight is 309 g/mol. The highest BCUT2D eigenvalue weighted by Gasteiger charge is 2.52. The van der Waals surface area contributed by atoms with E-state index >= 15 is 0 Å². The van der Waals surface area contributed by atoms with Crippen LogP contribution in [-0.2, 0) is 15.1 Å². The third-order valence-electron chi connectivity index (χ3n) is 4.10. The van der Waals surface area contributed by atoms with E-state index in [0.29, 0.717) is 23.4 Å². The second-order valence-electron chi connectivity index (χ2n) is 5.44. The molecule has 1 heterocycles. The first-order chi connectivity index (χ1) is 10.1. The third-order valence-corrected chi connectivity index (χ3v) is 4.43. The summed E-state index contributed by atoms with van der Waals surface area (Å²) in [5, 5.41) is 9.74. The lowest BCUT2D eigenvalue weighted by atomic mass is 9.74. The van der Waals surface area contributed by atoms with Crippen LogP contribution in [-0.4, -0.2) is 35.5 Å². The van der Waals surface area contributed by atoms with Crippen LogP contribution in [0.25, 0.3) is 0 Å². The minimum Gasteiger partial charge on any atom is -0.468 e. The molecule has 112 valence electrons. The highest BCUT2D eigenvalue weighted by Crippen LogP contribution is 2.44. The van der Waals surface area contributed by atoms with Crippen molar-refractivity contribution in [2.75, 3.05) is 6.61 Å². The Labute approximate surface area is 127 Å². The summed E-state index contributed by atoms with van der Waals surface area (Å²) >= 11 is 6.28. The van der Waals surface area contributed by atoms with Gasteiger partial charge in [0, 0.05) is 10.6 Å². The SMILES string of the molecule is N[C@@H](CO)C1=N[C@]2(c3ccccc3Cl)CCC[C@H](O1)C2=O. The summed E-state index contributed by atoms with van der Waals surface area (Å²) < 4.78 is 5.58. The van der Waals surface area contributed by atoms with Gasteiger partial charge >= 0.3 is 0 Å². The Balaban J connectivity index is 2.16. The molecule has 0 spiro atoms. The molecular weight excluding hydrogens is 292 g/mol. The summed E-state index contributed by atoms with van der Waals surface area (Å²) in [5.41, 5.74) is 5.48. The molecule has 5 nitrogen and oxygen atoms in total. The number of hydrogen-bond acceptors (Lipinski definition) is 5. The van der Waals surface area contributed by atoms with E-state index in [1.165, 1.54) is 0 Å². The number of halogens is 1. The fourth-order valence-corrected chi connectivity index (χ4v) is 3.31. The number of ether oxygens (including phenoxy) is 1. The molecule has 3 rings (SSSR count). The lowest BCUT2D eigenvalue weighted by Crippen LogP contribution is -2.54. The topological polar surface area (TPSA) is 84.9 Å². The van der Waals surface area contributed by atoms with Gasteiger partial charge in [-0.25, -0.2) is 4.99 Å². The minimum atomic E-state index is -1.03. The summed E-state index contributed by atoms with van der Waals surface area (Å²) in [6.07, 6.45) is 1.49. The number of rotatable bonds is 3. The van der Waals surface area contributed by atoms with Gasteiger partial charge in [0.05, 0.1) is 6.61 Å². The Morgan fingerprint density at radius 3 is 3.00 bits per heavy atom. The van der Waals surface area contributed by atoms with Gasteiger partial charge in [0.2, 0.25) is 11.7 Å². The monoisotopic (exact) mass is 308 g/mol. The molecule has 0 unspecified atom stereocenters. The molecule has 0 saturated heterocycles. The van der Waals surface area contributed by atoms with E-state index in [1.807, 2.05) is 18.2 Å². The summed E-state index contributed by atoms with van der Waals surface area (Å²) in [6, 6.07) is 6.50. The maximum absolute atomic E-state index is 12.7. The number of aliphatic hydroxyl groups excluding tert-OH is 1. The minimum absolute atomic E-state index is 0.0734. The van der Waals surface area contributed by atoms with Crippen LogP contribution >= 0.6 is 11.6 Å². The molecule has 0 aromatic heterocycles. The van der Waals surface area contributed by atoms with Gasteiger partial charge in [-0.3, -0.25) is 4.79 Å².